The molecule has 146 valence electrons. The molecule has 6 nitrogen and oxygen atoms in total. The van der Waals surface area contributed by atoms with Crippen LogP contribution in [0.5, 0.6) is 5.75 Å². The Morgan fingerprint density at radius 1 is 1.14 bits per heavy atom. The van der Waals surface area contributed by atoms with Crippen molar-refractivity contribution in [1.82, 2.24) is 15.1 Å². The van der Waals surface area contributed by atoms with E-state index in [9.17, 15) is 18.4 Å². The third-order valence-electron chi connectivity index (χ3n) is 4.33. The number of amides is 1. The molecule has 0 fully saturated rings. The Balaban J connectivity index is 1.71. The number of nitrogens with zero attached hydrogens (tertiary/aromatic N) is 2. The van der Waals surface area contributed by atoms with Gasteiger partial charge in [-0.2, -0.15) is 13.9 Å². The first-order chi connectivity index (χ1) is 13.3. The second-order valence-electron chi connectivity index (χ2n) is 6.33. The SMILES string of the molecule is Cc1nn(CC(=O)NC(C)c2ccc(OC(F)F)cc2)c(=O)c2ccccc12. The summed E-state index contributed by atoms with van der Waals surface area (Å²) in [6, 6.07) is 12.7. The minimum atomic E-state index is -2.89. The smallest absolute Gasteiger partial charge is 0.387 e. The lowest BCUT2D eigenvalue weighted by molar-refractivity contribution is -0.122. The van der Waals surface area contributed by atoms with Crippen molar-refractivity contribution in [3.05, 3.63) is 70.1 Å². The number of carbonyl (C=O) groups excluding carboxylic acids is 1. The van der Waals surface area contributed by atoms with Crippen LogP contribution in [0.1, 0.15) is 24.2 Å². The quantitative estimate of drug-likeness (QED) is 0.705. The third-order valence-corrected chi connectivity index (χ3v) is 4.33. The van der Waals surface area contributed by atoms with Gasteiger partial charge >= 0.3 is 6.61 Å². The van der Waals surface area contributed by atoms with Crippen LogP contribution < -0.4 is 15.6 Å². The molecule has 1 atom stereocenters. The molecular weight excluding hydrogens is 368 g/mol. The molecule has 1 N–H and O–H groups in total. The molecule has 3 rings (SSSR count). The van der Waals surface area contributed by atoms with Gasteiger partial charge in [0.15, 0.2) is 0 Å². The summed E-state index contributed by atoms with van der Waals surface area (Å²) in [5, 5.41) is 8.25. The summed E-state index contributed by atoms with van der Waals surface area (Å²) in [6.45, 7) is 0.422. The lowest BCUT2D eigenvalue weighted by Crippen LogP contribution is -2.35. The number of fused-ring (bicyclic) bond motifs is 1. The fourth-order valence-electron chi connectivity index (χ4n) is 2.96. The molecule has 0 aliphatic carbocycles. The van der Waals surface area contributed by atoms with E-state index in [1.165, 1.54) is 12.1 Å². The lowest BCUT2D eigenvalue weighted by Gasteiger charge is -2.16. The number of rotatable bonds is 6. The number of benzene rings is 2. The molecule has 0 saturated heterocycles. The molecule has 1 aromatic heterocycles. The molecule has 0 spiro atoms. The topological polar surface area (TPSA) is 73.2 Å². The van der Waals surface area contributed by atoms with Gasteiger partial charge in [0.25, 0.3) is 5.56 Å². The first-order valence-corrected chi connectivity index (χ1v) is 8.65. The molecule has 0 radical (unpaired) electrons. The number of hydrogen-bond acceptors (Lipinski definition) is 4. The van der Waals surface area contributed by atoms with Crippen molar-refractivity contribution in [3.8, 4) is 5.75 Å². The fraction of sp³-hybridized carbons (Fsp3) is 0.250. The largest absolute Gasteiger partial charge is 0.435 e. The molecule has 0 saturated carbocycles. The fourth-order valence-corrected chi connectivity index (χ4v) is 2.96. The van der Waals surface area contributed by atoms with Crippen molar-refractivity contribution < 1.29 is 18.3 Å². The summed E-state index contributed by atoms with van der Waals surface area (Å²) >= 11 is 0. The van der Waals surface area contributed by atoms with E-state index in [-0.39, 0.29) is 29.8 Å². The minimum Gasteiger partial charge on any atom is -0.435 e. The van der Waals surface area contributed by atoms with Gasteiger partial charge in [-0.25, -0.2) is 4.68 Å². The van der Waals surface area contributed by atoms with Crippen LogP contribution in [0.4, 0.5) is 8.78 Å². The zero-order valence-corrected chi connectivity index (χ0v) is 15.4. The molecule has 1 heterocycles. The standard InChI is InChI=1S/C20H19F2N3O3/c1-12(14-7-9-15(10-8-14)28-20(21)22)23-18(26)11-25-19(27)17-6-4-3-5-16(17)13(2)24-25/h3-10,12,20H,11H2,1-2H3,(H,23,26). The summed E-state index contributed by atoms with van der Waals surface area (Å²) < 4.78 is 29.8. The van der Waals surface area contributed by atoms with E-state index in [0.717, 1.165) is 10.1 Å². The van der Waals surface area contributed by atoms with Crippen LogP contribution in [-0.4, -0.2) is 22.3 Å². The highest BCUT2D eigenvalue weighted by molar-refractivity contribution is 5.83. The molecule has 1 unspecified atom stereocenters. The van der Waals surface area contributed by atoms with Crippen molar-refractivity contribution in [2.24, 2.45) is 0 Å². The summed E-state index contributed by atoms with van der Waals surface area (Å²) in [6.07, 6.45) is 0. The van der Waals surface area contributed by atoms with E-state index in [1.54, 1.807) is 38.1 Å². The Morgan fingerprint density at radius 2 is 1.79 bits per heavy atom. The number of halogens is 2. The van der Waals surface area contributed by atoms with E-state index in [1.807, 2.05) is 12.1 Å². The van der Waals surface area contributed by atoms with Gasteiger partial charge in [0, 0.05) is 5.39 Å². The van der Waals surface area contributed by atoms with Gasteiger partial charge in [-0.15, -0.1) is 0 Å². The van der Waals surface area contributed by atoms with Gasteiger partial charge in [-0.05, 0) is 37.6 Å². The lowest BCUT2D eigenvalue weighted by atomic mass is 10.1. The summed E-state index contributed by atoms with van der Waals surface area (Å²) in [5.74, 6) is -0.343. The molecule has 0 aliphatic rings. The van der Waals surface area contributed by atoms with E-state index < -0.39 is 6.61 Å². The zero-order chi connectivity index (χ0) is 20.3. The van der Waals surface area contributed by atoms with Crippen LogP contribution in [-0.2, 0) is 11.3 Å². The predicted octanol–water partition coefficient (Wildman–Crippen LogP) is 3.18. The van der Waals surface area contributed by atoms with Crippen LogP contribution in [0.2, 0.25) is 0 Å². The van der Waals surface area contributed by atoms with Crippen LogP contribution in [0.25, 0.3) is 10.8 Å². The monoisotopic (exact) mass is 387 g/mol. The summed E-state index contributed by atoms with van der Waals surface area (Å²) in [7, 11) is 0. The number of nitrogens with one attached hydrogen (secondary N) is 1. The molecule has 0 aliphatic heterocycles. The normalized spacial score (nSPS) is 12.2. The minimum absolute atomic E-state index is 0.0414. The molecule has 2 aromatic carbocycles. The maximum atomic E-state index is 12.5. The number of alkyl halides is 2. The highest BCUT2D eigenvalue weighted by atomic mass is 19.3. The second kappa shape index (κ2) is 8.16. The number of aromatic nitrogens is 2. The average Bonchev–Trinajstić information content (AvgIpc) is 2.66. The number of aryl methyl sites for hydroxylation is 1. The van der Waals surface area contributed by atoms with Crippen LogP contribution >= 0.6 is 0 Å². The number of ether oxygens (including phenoxy) is 1. The first kappa shape index (κ1) is 19.5. The van der Waals surface area contributed by atoms with E-state index in [4.69, 9.17) is 0 Å². The maximum absolute atomic E-state index is 12.5. The zero-order valence-electron chi connectivity index (χ0n) is 15.4. The van der Waals surface area contributed by atoms with Gasteiger partial charge in [0.1, 0.15) is 12.3 Å². The Labute approximate surface area is 159 Å². The van der Waals surface area contributed by atoms with Crippen LogP contribution in [0, 0.1) is 6.92 Å². The van der Waals surface area contributed by atoms with Crippen molar-refractivity contribution >= 4 is 16.7 Å². The predicted molar refractivity (Wildman–Crippen MR) is 100 cm³/mol. The second-order valence-corrected chi connectivity index (χ2v) is 6.33. The Morgan fingerprint density at radius 3 is 2.43 bits per heavy atom. The highest BCUT2D eigenvalue weighted by Gasteiger charge is 2.14. The van der Waals surface area contributed by atoms with Gasteiger partial charge in [-0.1, -0.05) is 30.3 Å². The average molecular weight is 387 g/mol. The van der Waals surface area contributed by atoms with Crippen LogP contribution in [0.15, 0.2) is 53.3 Å². The number of hydrogen-bond donors (Lipinski definition) is 1. The number of carbonyl (C=O) groups is 1. The summed E-state index contributed by atoms with van der Waals surface area (Å²) in [5.41, 5.74) is 1.04. The Kier molecular flexibility index (Phi) is 5.67. The highest BCUT2D eigenvalue weighted by Crippen LogP contribution is 2.19. The van der Waals surface area contributed by atoms with Crippen molar-refractivity contribution in [3.63, 3.8) is 0 Å². The Bertz CT molecular complexity index is 1050. The molecule has 28 heavy (non-hydrogen) atoms. The summed E-state index contributed by atoms with van der Waals surface area (Å²) in [4.78, 5) is 24.9. The van der Waals surface area contributed by atoms with Crippen LogP contribution in [0.3, 0.4) is 0 Å². The van der Waals surface area contributed by atoms with Crippen molar-refractivity contribution in [2.45, 2.75) is 33.0 Å². The van der Waals surface area contributed by atoms with Gasteiger partial charge < -0.3 is 10.1 Å². The first-order valence-electron chi connectivity index (χ1n) is 8.65. The maximum Gasteiger partial charge on any atom is 0.387 e. The molecule has 8 heteroatoms. The van der Waals surface area contributed by atoms with Gasteiger partial charge in [0.2, 0.25) is 5.91 Å². The van der Waals surface area contributed by atoms with Crippen molar-refractivity contribution in [2.75, 3.05) is 0 Å². The van der Waals surface area contributed by atoms with Gasteiger partial charge in [-0.3, -0.25) is 9.59 Å². The molecular formula is C20H19F2N3O3. The van der Waals surface area contributed by atoms with Crippen molar-refractivity contribution in [1.29, 1.82) is 0 Å². The molecule has 1 amide bonds. The third kappa shape index (κ3) is 4.33. The molecule has 0 bridgehead atoms. The van der Waals surface area contributed by atoms with Gasteiger partial charge in [0.05, 0.1) is 17.1 Å². The Hall–Kier alpha value is -3.29. The van der Waals surface area contributed by atoms with E-state index >= 15 is 0 Å². The van der Waals surface area contributed by atoms with E-state index in [2.05, 4.69) is 15.2 Å². The van der Waals surface area contributed by atoms with E-state index in [0.29, 0.717) is 16.6 Å². The molecule has 3 aromatic rings.